The fourth-order valence-corrected chi connectivity index (χ4v) is 4.56. The molecule has 126 valence electrons. The molecule has 2 saturated carbocycles. The lowest BCUT2D eigenvalue weighted by Crippen LogP contribution is -2.19. The molecule has 0 amide bonds. The highest BCUT2D eigenvalue weighted by molar-refractivity contribution is 7.97. The average Bonchev–Trinajstić information content (AvgIpc) is 3.47. The van der Waals surface area contributed by atoms with E-state index in [0.717, 1.165) is 39.1 Å². The van der Waals surface area contributed by atoms with Crippen molar-refractivity contribution >= 4 is 28.8 Å². The summed E-state index contributed by atoms with van der Waals surface area (Å²) in [5.41, 5.74) is 0.907. The lowest BCUT2D eigenvalue weighted by molar-refractivity contribution is 0.701. The summed E-state index contributed by atoms with van der Waals surface area (Å²) in [6, 6.07) is 6.55. The smallest absolute Gasteiger partial charge is 0.183 e. The summed E-state index contributed by atoms with van der Waals surface area (Å²) in [6.45, 7) is 2.24. The first-order chi connectivity index (χ1) is 12.1. The molecule has 0 saturated heterocycles. The molecule has 2 fully saturated rings. The van der Waals surface area contributed by atoms with Crippen LogP contribution in [0.25, 0.3) is 16.3 Å². The van der Waals surface area contributed by atoms with Crippen molar-refractivity contribution in [1.29, 1.82) is 5.26 Å². The third kappa shape index (κ3) is 2.63. The van der Waals surface area contributed by atoms with Gasteiger partial charge < -0.3 is 0 Å². The maximum absolute atomic E-state index is 9.35. The van der Waals surface area contributed by atoms with Crippen LogP contribution >= 0.6 is 23.3 Å². The summed E-state index contributed by atoms with van der Waals surface area (Å²) in [6.07, 6.45) is 8.15. The Hall–Kier alpha value is -1.95. The van der Waals surface area contributed by atoms with Gasteiger partial charge in [0.1, 0.15) is 10.4 Å². The van der Waals surface area contributed by atoms with Gasteiger partial charge in [0.2, 0.25) is 0 Å². The van der Waals surface area contributed by atoms with Crippen molar-refractivity contribution in [3.8, 4) is 16.9 Å². The zero-order valence-corrected chi connectivity index (χ0v) is 15.3. The van der Waals surface area contributed by atoms with Crippen LogP contribution in [0.2, 0.25) is 0 Å². The van der Waals surface area contributed by atoms with Crippen molar-refractivity contribution in [2.24, 2.45) is 0 Å². The van der Waals surface area contributed by atoms with E-state index in [1.54, 1.807) is 11.9 Å². The number of imidazole rings is 1. The van der Waals surface area contributed by atoms with Crippen LogP contribution in [0, 0.1) is 11.3 Å². The van der Waals surface area contributed by atoms with Gasteiger partial charge in [-0.25, -0.2) is 4.98 Å². The lowest BCUT2D eigenvalue weighted by atomic mass is 10.1. The number of pyridine rings is 1. The molecule has 8 heteroatoms. The maximum atomic E-state index is 9.35. The lowest BCUT2D eigenvalue weighted by Gasteiger charge is -2.10. The largest absolute Gasteiger partial charge is 0.297 e. The first-order valence-corrected chi connectivity index (χ1v) is 9.91. The van der Waals surface area contributed by atoms with Gasteiger partial charge in [-0.3, -0.25) is 9.12 Å². The molecule has 3 heterocycles. The molecule has 1 N–H and O–H groups in total. The second-order valence-electron chi connectivity index (χ2n) is 7.11. The molecule has 0 aromatic carbocycles. The van der Waals surface area contributed by atoms with Crippen LogP contribution in [0.1, 0.15) is 37.6 Å². The molecule has 3 aromatic rings. The van der Waals surface area contributed by atoms with Crippen LogP contribution in [0.5, 0.6) is 0 Å². The van der Waals surface area contributed by atoms with E-state index in [4.69, 9.17) is 0 Å². The second kappa shape index (κ2) is 5.27. The van der Waals surface area contributed by atoms with E-state index < -0.39 is 5.41 Å². The van der Waals surface area contributed by atoms with Crippen LogP contribution in [0.3, 0.4) is 0 Å². The van der Waals surface area contributed by atoms with Gasteiger partial charge in [0.05, 0.1) is 17.8 Å². The number of nitriles is 1. The Labute approximate surface area is 153 Å². The Balaban J connectivity index is 1.48. The summed E-state index contributed by atoms with van der Waals surface area (Å²) in [5.74, 6) is 0.785. The Kier molecular flexibility index (Phi) is 3.23. The van der Waals surface area contributed by atoms with Crippen molar-refractivity contribution in [3.63, 3.8) is 0 Å². The maximum Gasteiger partial charge on any atom is 0.183 e. The Morgan fingerprint density at radius 2 is 2.12 bits per heavy atom. The third-order valence-electron chi connectivity index (χ3n) is 4.91. The quantitative estimate of drug-likeness (QED) is 0.694. The zero-order chi connectivity index (χ0) is 17.1. The minimum Gasteiger partial charge on any atom is -0.297 e. The highest BCUT2D eigenvalue weighted by Crippen LogP contribution is 2.49. The SMILES string of the molecule is CC1(NSc2ccc3cnc(-c4nnc(C5(C#N)CC5)s4)n3c2)CC1. The molecule has 0 bridgehead atoms. The number of fused-ring (bicyclic) bond motifs is 1. The molecule has 0 radical (unpaired) electrons. The molecular weight excluding hydrogens is 352 g/mol. The molecule has 25 heavy (non-hydrogen) atoms. The molecule has 5 rings (SSSR count). The molecule has 0 atom stereocenters. The van der Waals surface area contributed by atoms with E-state index in [9.17, 15) is 5.26 Å². The Bertz CT molecular complexity index is 1010. The number of rotatable bonds is 5. The van der Waals surface area contributed by atoms with Gasteiger partial charge in [0.25, 0.3) is 0 Å². The fraction of sp³-hybridized carbons (Fsp3) is 0.412. The molecule has 6 nitrogen and oxygen atoms in total. The van der Waals surface area contributed by atoms with Crippen molar-refractivity contribution in [1.82, 2.24) is 24.3 Å². The van der Waals surface area contributed by atoms with Crippen LogP contribution in [-0.4, -0.2) is 25.1 Å². The predicted molar refractivity (Wildman–Crippen MR) is 97.3 cm³/mol. The van der Waals surface area contributed by atoms with Crippen LogP contribution in [0.4, 0.5) is 0 Å². The van der Waals surface area contributed by atoms with Crippen LogP contribution in [0.15, 0.2) is 29.4 Å². The van der Waals surface area contributed by atoms with Crippen LogP contribution < -0.4 is 4.72 Å². The van der Waals surface area contributed by atoms with Crippen LogP contribution in [-0.2, 0) is 5.41 Å². The number of nitrogens with one attached hydrogen (secondary N) is 1. The number of nitrogens with zero attached hydrogens (tertiary/aromatic N) is 5. The van der Waals surface area contributed by atoms with Crippen molar-refractivity contribution in [2.75, 3.05) is 0 Å². The molecule has 2 aliphatic carbocycles. The number of hydrogen-bond donors (Lipinski definition) is 1. The van der Waals surface area contributed by atoms with Gasteiger partial charge in [-0.15, -0.1) is 10.2 Å². The molecule has 0 unspecified atom stereocenters. The third-order valence-corrected chi connectivity index (χ3v) is 7.10. The van der Waals surface area contributed by atoms with Gasteiger partial charge in [-0.2, -0.15) is 5.26 Å². The van der Waals surface area contributed by atoms with E-state index in [-0.39, 0.29) is 5.54 Å². The summed E-state index contributed by atoms with van der Waals surface area (Å²) in [7, 11) is 0. The monoisotopic (exact) mass is 368 g/mol. The Morgan fingerprint density at radius 1 is 1.28 bits per heavy atom. The van der Waals surface area contributed by atoms with E-state index in [1.165, 1.54) is 24.2 Å². The van der Waals surface area contributed by atoms with Crippen molar-refractivity contribution in [3.05, 3.63) is 29.5 Å². The van der Waals surface area contributed by atoms with E-state index in [1.807, 2.05) is 6.20 Å². The number of aromatic nitrogens is 4. The highest BCUT2D eigenvalue weighted by Gasteiger charge is 2.48. The minimum atomic E-state index is -0.395. The molecule has 2 aliphatic rings. The molecule has 3 aromatic heterocycles. The average molecular weight is 368 g/mol. The summed E-state index contributed by atoms with van der Waals surface area (Å²) < 4.78 is 5.58. The molecule has 0 aliphatic heterocycles. The van der Waals surface area contributed by atoms with Crippen molar-refractivity contribution < 1.29 is 0 Å². The van der Waals surface area contributed by atoms with Gasteiger partial charge in [-0.05, 0) is 56.7 Å². The van der Waals surface area contributed by atoms with Gasteiger partial charge >= 0.3 is 0 Å². The van der Waals surface area contributed by atoms with Gasteiger partial charge in [0, 0.05) is 16.6 Å². The first-order valence-electron chi connectivity index (χ1n) is 8.28. The van der Waals surface area contributed by atoms with Crippen molar-refractivity contribution in [2.45, 2.75) is 48.5 Å². The molecule has 0 spiro atoms. The first kappa shape index (κ1) is 15.3. The van der Waals surface area contributed by atoms with Gasteiger partial charge in [0.15, 0.2) is 10.8 Å². The molecular formula is C17H16N6S2. The second-order valence-corrected chi connectivity index (χ2v) is 8.97. The summed E-state index contributed by atoms with van der Waals surface area (Å²) in [5, 5.41) is 19.5. The fourth-order valence-electron chi connectivity index (χ4n) is 2.67. The van der Waals surface area contributed by atoms with E-state index >= 15 is 0 Å². The normalized spacial score (nSPS) is 19.7. The highest BCUT2D eigenvalue weighted by atomic mass is 32.2. The van der Waals surface area contributed by atoms with E-state index in [2.05, 4.69) is 55.6 Å². The minimum absolute atomic E-state index is 0.279. The summed E-state index contributed by atoms with van der Waals surface area (Å²) >= 11 is 3.14. The topological polar surface area (TPSA) is 78.9 Å². The van der Waals surface area contributed by atoms with E-state index in [0.29, 0.717) is 0 Å². The zero-order valence-electron chi connectivity index (χ0n) is 13.7. The van der Waals surface area contributed by atoms with Gasteiger partial charge in [-0.1, -0.05) is 11.3 Å². The Morgan fingerprint density at radius 3 is 2.84 bits per heavy atom. The standard InChI is InChI=1S/C17H16N6S2/c1-16(4-5-16)22-25-12-3-2-11-8-19-13(23(11)9-12)14-20-21-15(24-14)17(10-18)6-7-17/h2-3,8-9,22H,4-7H2,1H3. The summed E-state index contributed by atoms with van der Waals surface area (Å²) in [4.78, 5) is 5.67. The number of hydrogen-bond acceptors (Lipinski definition) is 7. The predicted octanol–water partition coefficient (Wildman–Crippen LogP) is 3.56.